The lowest BCUT2D eigenvalue weighted by Crippen LogP contribution is -1.90. The van der Waals surface area contributed by atoms with Crippen LogP contribution in [0.5, 0.6) is 0 Å². The first-order valence-electron chi connectivity index (χ1n) is 4.89. The van der Waals surface area contributed by atoms with Gasteiger partial charge in [0.1, 0.15) is 0 Å². The van der Waals surface area contributed by atoms with E-state index in [4.69, 9.17) is 23.2 Å². The largest absolute Gasteiger partial charge is 0.269 e. The summed E-state index contributed by atoms with van der Waals surface area (Å²) in [6.45, 7) is 0. The van der Waals surface area contributed by atoms with E-state index in [1.54, 1.807) is 0 Å². The Morgan fingerprint density at radius 1 is 1.00 bits per heavy atom. The summed E-state index contributed by atoms with van der Waals surface area (Å²) in [5, 5.41) is 10.7. The van der Waals surface area contributed by atoms with E-state index in [2.05, 4.69) is 0 Å². The molecule has 2 rings (SSSR count). The lowest BCUT2D eigenvalue weighted by Gasteiger charge is -2.07. The number of hydrogen-bond acceptors (Lipinski definition) is 2. The van der Waals surface area contributed by atoms with Crippen LogP contribution in [0, 0.1) is 15.9 Å². The van der Waals surface area contributed by atoms with Crippen molar-refractivity contribution in [2.24, 2.45) is 0 Å². The van der Waals surface area contributed by atoms with Crippen molar-refractivity contribution < 1.29 is 9.31 Å². The molecule has 0 spiro atoms. The number of non-ortho nitro benzene ring substituents is 1. The Hall–Kier alpha value is -1.65. The summed E-state index contributed by atoms with van der Waals surface area (Å²) in [6.07, 6.45) is 0. The molecule has 3 nitrogen and oxygen atoms in total. The maximum atomic E-state index is 13.9. The van der Waals surface area contributed by atoms with Crippen LogP contribution in [0.4, 0.5) is 10.1 Å². The summed E-state index contributed by atoms with van der Waals surface area (Å²) in [5.74, 6) is -0.641. The van der Waals surface area contributed by atoms with Gasteiger partial charge in [0.2, 0.25) is 0 Å². The Balaban J connectivity index is 2.55. The number of rotatable bonds is 2. The molecule has 0 heterocycles. The van der Waals surface area contributed by atoms with Gasteiger partial charge in [-0.05, 0) is 29.8 Å². The minimum absolute atomic E-state index is 0.0484. The Bertz CT molecular complexity index is 614. The first-order chi connectivity index (χ1) is 8.50. The molecule has 0 fully saturated rings. The molecule has 0 aromatic heterocycles. The summed E-state index contributed by atoms with van der Waals surface area (Å²) in [6, 6.07) is 8.26. The van der Waals surface area contributed by atoms with Crippen molar-refractivity contribution in [1.29, 1.82) is 0 Å². The second-order valence-corrected chi connectivity index (χ2v) is 4.34. The van der Waals surface area contributed by atoms with E-state index in [1.165, 1.54) is 36.4 Å². The zero-order valence-electron chi connectivity index (χ0n) is 8.86. The molecule has 0 radical (unpaired) electrons. The minimum Gasteiger partial charge on any atom is -0.258 e. The Morgan fingerprint density at radius 3 is 2.11 bits per heavy atom. The monoisotopic (exact) mass is 285 g/mol. The molecule has 0 saturated heterocycles. The van der Waals surface area contributed by atoms with E-state index >= 15 is 0 Å². The van der Waals surface area contributed by atoms with Crippen LogP contribution in [-0.4, -0.2) is 4.92 Å². The van der Waals surface area contributed by atoms with Crippen LogP contribution in [0.3, 0.4) is 0 Å². The van der Waals surface area contributed by atoms with E-state index < -0.39 is 10.7 Å². The predicted molar refractivity (Wildman–Crippen MR) is 68.5 cm³/mol. The van der Waals surface area contributed by atoms with Crippen LogP contribution in [-0.2, 0) is 0 Å². The van der Waals surface area contributed by atoms with Crippen molar-refractivity contribution >= 4 is 28.9 Å². The fourth-order valence-electron chi connectivity index (χ4n) is 1.54. The van der Waals surface area contributed by atoms with E-state index in [0.29, 0.717) is 5.56 Å². The number of nitrogens with zero attached hydrogens (tertiary/aromatic N) is 1. The maximum Gasteiger partial charge on any atom is 0.269 e. The van der Waals surface area contributed by atoms with E-state index in [9.17, 15) is 14.5 Å². The quantitative estimate of drug-likeness (QED) is 0.456. The summed E-state index contributed by atoms with van der Waals surface area (Å²) in [5.41, 5.74) is 0.502. The third-order valence-corrected chi connectivity index (χ3v) is 3.02. The predicted octanol–water partition coefficient (Wildman–Crippen LogP) is 4.71. The number of hydrogen-bond donors (Lipinski definition) is 0. The molecule has 0 aliphatic heterocycles. The van der Waals surface area contributed by atoms with E-state index in [1.807, 2.05) is 0 Å². The fourth-order valence-corrected chi connectivity index (χ4v) is 1.95. The molecule has 0 saturated carbocycles. The number of halogens is 3. The molecule has 2 aromatic carbocycles. The van der Waals surface area contributed by atoms with Crippen LogP contribution in [0.15, 0.2) is 36.4 Å². The highest BCUT2D eigenvalue weighted by molar-refractivity contribution is 6.35. The number of nitro groups is 1. The molecule has 0 unspecified atom stereocenters. The van der Waals surface area contributed by atoms with Gasteiger partial charge in [-0.2, -0.15) is 0 Å². The van der Waals surface area contributed by atoms with Crippen molar-refractivity contribution in [2.75, 3.05) is 0 Å². The molecule has 2 aromatic rings. The van der Waals surface area contributed by atoms with Crippen molar-refractivity contribution in [3.05, 3.63) is 62.4 Å². The maximum absolute atomic E-state index is 13.9. The highest BCUT2D eigenvalue weighted by Gasteiger charge is 2.14. The van der Waals surface area contributed by atoms with E-state index in [-0.39, 0.29) is 21.3 Å². The smallest absolute Gasteiger partial charge is 0.258 e. The zero-order chi connectivity index (χ0) is 13.3. The molecule has 0 aliphatic rings. The molecule has 0 aliphatic carbocycles. The third kappa shape index (κ3) is 2.30. The molecular formula is C12H6Cl2FNO2. The van der Waals surface area contributed by atoms with Gasteiger partial charge in [0.25, 0.3) is 5.69 Å². The highest BCUT2D eigenvalue weighted by Crippen LogP contribution is 2.34. The normalized spacial score (nSPS) is 10.4. The summed E-state index contributed by atoms with van der Waals surface area (Å²) >= 11 is 11.6. The molecule has 18 heavy (non-hydrogen) atoms. The minimum atomic E-state index is -0.641. The van der Waals surface area contributed by atoms with Gasteiger partial charge in [0.15, 0.2) is 5.82 Å². The summed E-state index contributed by atoms with van der Waals surface area (Å²) in [7, 11) is 0. The summed E-state index contributed by atoms with van der Waals surface area (Å²) in [4.78, 5) is 9.99. The Labute approximate surface area is 112 Å². The molecule has 92 valence electrons. The standard InChI is InChI=1S/C12H6Cl2FNO2/c13-9-5-6-10(14)12(15)11(9)7-1-3-8(4-2-7)16(17)18/h1-6H. The molecule has 0 N–H and O–H groups in total. The highest BCUT2D eigenvalue weighted by atomic mass is 35.5. The topological polar surface area (TPSA) is 43.1 Å². The van der Waals surface area contributed by atoms with Crippen LogP contribution in [0.25, 0.3) is 11.1 Å². The first-order valence-corrected chi connectivity index (χ1v) is 5.64. The van der Waals surface area contributed by atoms with Crippen molar-refractivity contribution in [2.45, 2.75) is 0 Å². The molecule has 6 heteroatoms. The second-order valence-electron chi connectivity index (χ2n) is 3.52. The Kier molecular flexibility index (Phi) is 3.50. The lowest BCUT2D eigenvalue weighted by atomic mass is 10.0. The van der Waals surface area contributed by atoms with Crippen LogP contribution >= 0.6 is 23.2 Å². The van der Waals surface area contributed by atoms with Crippen LogP contribution in [0.2, 0.25) is 10.0 Å². The zero-order valence-corrected chi connectivity index (χ0v) is 10.4. The molecule has 0 bridgehead atoms. The first kappa shape index (κ1) is 12.8. The number of benzene rings is 2. The third-order valence-electron chi connectivity index (χ3n) is 2.41. The van der Waals surface area contributed by atoms with Gasteiger partial charge in [-0.25, -0.2) is 4.39 Å². The van der Waals surface area contributed by atoms with Gasteiger partial charge < -0.3 is 0 Å². The molecular weight excluding hydrogens is 280 g/mol. The van der Waals surface area contributed by atoms with Crippen molar-refractivity contribution in [3.8, 4) is 11.1 Å². The molecule has 0 atom stereocenters. The van der Waals surface area contributed by atoms with Gasteiger partial charge >= 0.3 is 0 Å². The number of nitro benzene ring substituents is 1. The SMILES string of the molecule is O=[N+]([O-])c1ccc(-c2c(Cl)ccc(Cl)c2F)cc1. The van der Waals surface area contributed by atoms with Crippen LogP contribution < -0.4 is 0 Å². The average molecular weight is 286 g/mol. The van der Waals surface area contributed by atoms with Crippen LogP contribution in [0.1, 0.15) is 0 Å². The van der Waals surface area contributed by atoms with Crippen molar-refractivity contribution in [1.82, 2.24) is 0 Å². The fraction of sp³-hybridized carbons (Fsp3) is 0. The van der Waals surface area contributed by atoms with Gasteiger partial charge in [0.05, 0.1) is 15.0 Å². The van der Waals surface area contributed by atoms with Gasteiger partial charge in [-0.15, -0.1) is 0 Å². The second kappa shape index (κ2) is 4.92. The van der Waals surface area contributed by atoms with Gasteiger partial charge in [-0.1, -0.05) is 23.2 Å². The van der Waals surface area contributed by atoms with Gasteiger partial charge in [0, 0.05) is 17.7 Å². The van der Waals surface area contributed by atoms with Gasteiger partial charge in [-0.3, -0.25) is 10.1 Å². The average Bonchev–Trinajstić information content (AvgIpc) is 2.35. The summed E-state index contributed by atoms with van der Waals surface area (Å²) < 4.78 is 13.9. The van der Waals surface area contributed by atoms with Crippen molar-refractivity contribution in [3.63, 3.8) is 0 Å². The Morgan fingerprint density at radius 2 is 1.56 bits per heavy atom. The van der Waals surface area contributed by atoms with E-state index in [0.717, 1.165) is 0 Å². The lowest BCUT2D eigenvalue weighted by molar-refractivity contribution is -0.384. The molecule has 0 amide bonds.